The van der Waals surface area contributed by atoms with Crippen LogP contribution < -0.4 is 10.6 Å². The predicted molar refractivity (Wildman–Crippen MR) is 58.1 cm³/mol. The standard InChI is InChI=1S/C11H22N2O/c1-11(2,3)13-10(14)6-7-12-8-9-4-5-9/h9,12H,4-8H2,1-3H3,(H,13,14). The Morgan fingerprint density at radius 2 is 2.00 bits per heavy atom. The maximum atomic E-state index is 11.4. The second kappa shape index (κ2) is 4.78. The topological polar surface area (TPSA) is 41.1 Å². The Kier molecular flexibility index (Phi) is 3.93. The van der Waals surface area contributed by atoms with Crippen LogP contribution in [-0.2, 0) is 4.79 Å². The van der Waals surface area contributed by atoms with Crippen molar-refractivity contribution >= 4 is 5.91 Å². The van der Waals surface area contributed by atoms with Gasteiger partial charge in [0.15, 0.2) is 0 Å². The van der Waals surface area contributed by atoms with E-state index in [9.17, 15) is 4.79 Å². The van der Waals surface area contributed by atoms with Gasteiger partial charge in [0.25, 0.3) is 0 Å². The van der Waals surface area contributed by atoms with Gasteiger partial charge in [0, 0.05) is 18.5 Å². The maximum Gasteiger partial charge on any atom is 0.221 e. The van der Waals surface area contributed by atoms with Crippen LogP contribution in [0, 0.1) is 5.92 Å². The molecule has 1 aliphatic carbocycles. The molecule has 0 atom stereocenters. The van der Waals surface area contributed by atoms with E-state index in [1.165, 1.54) is 12.8 Å². The van der Waals surface area contributed by atoms with Crippen LogP contribution in [0.3, 0.4) is 0 Å². The summed E-state index contributed by atoms with van der Waals surface area (Å²) in [5.74, 6) is 1.03. The minimum absolute atomic E-state index is 0.104. The molecule has 82 valence electrons. The summed E-state index contributed by atoms with van der Waals surface area (Å²) in [6.07, 6.45) is 3.31. The lowest BCUT2D eigenvalue weighted by atomic mass is 10.1. The molecule has 0 radical (unpaired) electrons. The molecule has 1 amide bonds. The van der Waals surface area contributed by atoms with E-state index in [0.717, 1.165) is 19.0 Å². The molecule has 1 rings (SSSR count). The predicted octanol–water partition coefficient (Wildman–Crippen LogP) is 1.29. The Bertz CT molecular complexity index is 192. The fourth-order valence-corrected chi connectivity index (χ4v) is 1.31. The zero-order valence-corrected chi connectivity index (χ0v) is 9.52. The van der Waals surface area contributed by atoms with Crippen LogP contribution in [0.5, 0.6) is 0 Å². The van der Waals surface area contributed by atoms with Crippen molar-refractivity contribution in [3.05, 3.63) is 0 Å². The first-order valence-corrected chi connectivity index (χ1v) is 5.49. The van der Waals surface area contributed by atoms with E-state index < -0.39 is 0 Å². The van der Waals surface area contributed by atoms with E-state index in [2.05, 4.69) is 10.6 Å². The Labute approximate surface area is 86.6 Å². The molecule has 0 aromatic heterocycles. The summed E-state index contributed by atoms with van der Waals surface area (Å²) in [6.45, 7) is 7.90. The number of carbonyl (C=O) groups is 1. The molecule has 3 heteroatoms. The second-order valence-corrected chi connectivity index (χ2v) is 5.20. The molecule has 1 aliphatic rings. The molecule has 0 spiro atoms. The van der Waals surface area contributed by atoms with Gasteiger partial charge in [0.1, 0.15) is 0 Å². The first kappa shape index (κ1) is 11.5. The normalized spacial score (nSPS) is 16.8. The molecule has 0 aromatic carbocycles. The molecular formula is C11H22N2O. The number of hydrogen-bond acceptors (Lipinski definition) is 2. The van der Waals surface area contributed by atoms with Gasteiger partial charge >= 0.3 is 0 Å². The molecule has 0 bridgehead atoms. The molecular weight excluding hydrogens is 176 g/mol. The lowest BCUT2D eigenvalue weighted by Gasteiger charge is -2.20. The van der Waals surface area contributed by atoms with Crippen molar-refractivity contribution < 1.29 is 4.79 Å². The van der Waals surface area contributed by atoms with Crippen LogP contribution in [0.2, 0.25) is 0 Å². The van der Waals surface area contributed by atoms with Crippen LogP contribution >= 0.6 is 0 Å². The number of hydrogen-bond donors (Lipinski definition) is 2. The quantitative estimate of drug-likeness (QED) is 0.654. The minimum Gasteiger partial charge on any atom is -0.351 e. The number of carbonyl (C=O) groups excluding carboxylic acids is 1. The molecule has 0 heterocycles. The fraction of sp³-hybridized carbons (Fsp3) is 0.909. The molecule has 1 fully saturated rings. The largest absolute Gasteiger partial charge is 0.351 e. The third-order valence-corrected chi connectivity index (χ3v) is 2.17. The smallest absolute Gasteiger partial charge is 0.221 e. The van der Waals surface area contributed by atoms with Gasteiger partial charge in [-0.15, -0.1) is 0 Å². The average Bonchev–Trinajstić information content (AvgIpc) is 2.77. The van der Waals surface area contributed by atoms with Gasteiger partial charge in [0.2, 0.25) is 5.91 Å². The van der Waals surface area contributed by atoms with Crippen LogP contribution in [0.1, 0.15) is 40.0 Å². The Balaban J connectivity index is 1.96. The first-order valence-electron chi connectivity index (χ1n) is 5.49. The van der Waals surface area contributed by atoms with Crippen LogP contribution in [0.4, 0.5) is 0 Å². The molecule has 14 heavy (non-hydrogen) atoms. The highest BCUT2D eigenvalue weighted by molar-refractivity contribution is 5.76. The zero-order valence-electron chi connectivity index (χ0n) is 9.52. The van der Waals surface area contributed by atoms with Crippen molar-refractivity contribution in [1.29, 1.82) is 0 Å². The number of amides is 1. The molecule has 0 saturated heterocycles. The minimum atomic E-state index is -0.104. The fourth-order valence-electron chi connectivity index (χ4n) is 1.31. The van der Waals surface area contributed by atoms with Gasteiger partial charge in [0.05, 0.1) is 0 Å². The molecule has 1 saturated carbocycles. The Hall–Kier alpha value is -0.570. The lowest BCUT2D eigenvalue weighted by Crippen LogP contribution is -2.41. The van der Waals surface area contributed by atoms with Gasteiger partial charge in [-0.25, -0.2) is 0 Å². The van der Waals surface area contributed by atoms with Gasteiger partial charge in [-0.1, -0.05) is 0 Å². The van der Waals surface area contributed by atoms with E-state index in [1.807, 2.05) is 20.8 Å². The summed E-state index contributed by atoms with van der Waals surface area (Å²) < 4.78 is 0. The summed E-state index contributed by atoms with van der Waals surface area (Å²) in [6, 6.07) is 0. The highest BCUT2D eigenvalue weighted by atomic mass is 16.1. The number of rotatable bonds is 5. The van der Waals surface area contributed by atoms with Crippen molar-refractivity contribution in [2.24, 2.45) is 5.92 Å². The molecule has 0 aliphatic heterocycles. The summed E-state index contributed by atoms with van der Waals surface area (Å²) in [5, 5.41) is 6.25. The van der Waals surface area contributed by atoms with E-state index in [-0.39, 0.29) is 11.4 Å². The lowest BCUT2D eigenvalue weighted by molar-refractivity contribution is -0.122. The van der Waals surface area contributed by atoms with E-state index >= 15 is 0 Å². The van der Waals surface area contributed by atoms with Crippen molar-refractivity contribution in [2.75, 3.05) is 13.1 Å². The SMILES string of the molecule is CC(C)(C)NC(=O)CCNCC1CC1. The van der Waals surface area contributed by atoms with Crippen molar-refractivity contribution in [2.45, 2.75) is 45.6 Å². The summed E-state index contributed by atoms with van der Waals surface area (Å²) in [7, 11) is 0. The van der Waals surface area contributed by atoms with Crippen molar-refractivity contribution in [3.63, 3.8) is 0 Å². The second-order valence-electron chi connectivity index (χ2n) is 5.20. The Morgan fingerprint density at radius 3 is 2.50 bits per heavy atom. The Morgan fingerprint density at radius 1 is 1.36 bits per heavy atom. The van der Waals surface area contributed by atoms with Gasteiger partial charge in [-0.2, -0.15) is 0 Å². The van der Waals surface area contributed by atoms with E-state index in [0.29, 0.717) is 6.42 Å². The molecule has 3 nitrogen and oxygen atoms in total. The maximum absolute atomic E-state index is 11.4. The van der Waals surface area contributed by atoms with Gasteiger partial charge in [-0.3, -0.25) is 4.79 Å². The monoisotopic (exact) mass is 198 g/mol. The van der Waals surface area contributed by atoms with E-state index in [1.54, 1.807) is 0 Å². The third-order valence-electron chi connectivity index (χ3n) is 2.17. The summed E-state index contributed by atoms with van der Waals surface area (Å²) in [4.78, 5) is 11.4. The highest BCUT2D eigenvalue weighted by Crippen LogP contribution is 2.27. The average molecular weight is 198 g/mol. The molecule has 0 aromatic rings. The number of nitrogens with one attached hydrogen (secondary N) is 2. The summed E-state index contributed by atoms with van der Waals surface area (Å²) >= 11 is 0. The van der Waals surface area contributed by atoms with Crippen molar-refractivity contribution in [3.8, 4) is 0 Å². The molecule has 0 unspecified atom stereocenters. The van der Waals surface area contributed by atoms with Gasteiger partial charge < -0.3 is 10.6 Å². The van der Waals surface area contributed by atoms with Crippen LogP contribution in [0.15, 0.2) is 0 Å². The summed E-state index contributed by atoms with van der Waals surface area (Å²) in [5.41, 5.74) is -0.104. The highest BCUT2D eigenvalue weighted by Gasteiger charge is 2.20. The van der Waals surface area contributed by atoms with Crippen LogP contribution in [-0.4, -0.2) is 24.5 Å². The van der Waals surface area contributed by atoms with E-state index in [4.69, 9.17) is 0 Å². The first-order chi connectivity index (χ1) is 6.47. The van der Waals surface area contributed by atoms with Crippen LogP contribution in [0.25, 0.3) is 0 Å². The zero-order chi connectivity index (χ0) is 10.6. The molecule has 2 N–H and O–H groups in total. The third kappa shape index (κ3) is 5.97. The van der Waals surface area contributed by atoms with Gasteiger partial charge in [-0.05, 0) is 46.1 Å². The van der Waals surface area contributed by atoms with Crippen molar-refractivity contribution in [1.82, 2.24) is 10.6 Å².